The summed E-state index contributed by atoms with van der Waals surface area (Å²) in [5.41, 5.74) is 1.56. The van der Waals surface area contributed by atoms with Gasteiger partial charge < -0.3 is 19.7 Å². The fourth-order valence-electron chi connectivity index (χ4n) is 3.01. The van der Waals surface area contributed by atoms with Gasteiger partial charge in [-0.1, -0.05) is 39.0 Å². The highest BCUT2D eigenvalue weighted by atomic mass is 16.5. The highest BCUT2D eigenvalue weighted by molar-refractivity contribution is 6.06. The molecule has 0 aliphatic rings. The average molecular weight is 405 g/mol. The van der Waals surface area contributed by atoms with Crippen LogP contribution < -0.4 is 10.1 Å². The van der Waals surface area contributed by atoms with E-state index in [1.165, 1.54) is 4.57 Å². The summed E-state index contributed by atoms with van der Waals surface area (Å²) in [6, 6.07) is 15.8. The van der Waals surface area contributed by atoms with Crippen molar-refractivity contribution in [3.8, 4) is 11.8 Å². The predicted molar refractivity (Wildman–Crippen MR) is 114 cm³/mol. The number of nitrogens with zero attached hydrogens (tertiary/aromatic N) is 2. The third-order valence-corrected chi connectivity index (χ3v) is 4.36. The molecule has 0 fully saturated rings. The lowest BCUT2D eigenvalue weighted by molar-refractivity contribution is -0.137. The molecule has 0 bridgehead atoms. The Morgan fingerprint density at radius 2 is 1.90 bits per heavy atom. The largest absolute Gasteiger partial charge is 0.492 e. The Labute approximate surface area is 174 Å². The Bertz CT molecular complexity index is 1150. The van der Waals surface area contributed by atoms with Crippen molar-refractivity contribution >= 4 is 28.5 Å². The van der Waals surface area contributed by atoms with Crippen LogP contribution in [0.2, 0.25) is 0 Å². The fourth-order valence-corrected chi connectivity index (χ4v) is 3.01. The monoisotopic (exact) mass is 405 g/mol. The zero-order valence-corrected chi connectivity index (χ0v) is 17.1. The Morgan fingerprint density at radius 1 is 1.17 bits per heavy atom. The molecule has 2 aromatic carbocycles. The van der Waals surface area contributed by atoms with E-state index in [2.05, 4.69) is 11.4 Å². The first-order valence-electron chi connectivity index (χ1n) is 9.46. The average Bonchev–Trinajstić information content (AvgIpc) is 3.04. The molecule has 0 aliphatic carbocycles. The van der Waals surface area contributed by atoms with Crippen molar-refractivity contribution < 1.29 is 19.4 Å². The molecule has 2 N–H and O–H groups in total. The number of benzene rings is 2. The molecule has 7 nitrogen and oxygen atoms in total. The molecule has 7 heteroatoms. The number of carboxylic acid groups (broad SMARTS) is 1. The molecule has 1 heterocycles. The van der Waals surface area contributed by atoms with E-state index < -0.39 is 11.9 Å². The lowest BCUT2D eigenvalue weighted by atomic mass is 9.98. The molecule has 0 spiro atoms. The Balaban J connectivity index is 1.87. The number of aliphatic carboxylic acids is 1. The van der Waals surface area contributed by atoms with Crippen LogP contribution in [0.5, 0.6) is 5.75 Å². The van der Waals surface area contributed by atoms with Gasteiger partial charge >= 0.3 is 5.97 Å². The summed E-state index contributed by atoms with van der Waals surface area (Å²) in [6.07, 6.45) is 0. The number of fused-ring (bicyclic) bond motifs is 1. The first-order valence-corrected chi connectivity index (χ1v) is 9.46. The Hall–Kier alpha value is -3.79. The molecule has 0 radical (unpaired) electrons. The van der Waals surface area contributed by atoms with E-state index in [1.54, 1.807) is 36.4 Å². The molecule has 0 saturated heterocycles. The van der Waals surface area contributed by atoms with Crippen LogP contribution in [0, 0.1) is 16.7 Å². The van der Waals surface area contributed by atoms with Crippen LogP contribution >= 0.6 is 0 Å². The van der Waals surface area contributed by atoms with Crippen molar-refractivity contribution in [2.45, 2.75) is 27.3 Å². The maximum Gasteiger partial charge on any atom is 0.323 e. The Kier molecular flexibility index (Phi) is 5.79. The van der Waals surface area contributed by atoms with Gasteiger partial charge in [0.2, 0.25) is 0 Å². The standard InChI is InChI=1S/C23H23N3O4/c1-23(2,3)14-30-20-9-8-17(10-16(20)12-24)25-22(29)19-11-15-6-4-5-7-18(15)26(19)13-21(27)28/h4-11H,13-14H2,1-3H3,(H,25,29)(H,27,28). The number of hydrogen-bond donors (Lipinski definition) is 2. The summed E-state index contributed by atoms with van der Waals surface area (Å²) in [4.78, 5) is 24.2. The van der Waals surface area contributed by atoms with Gasteiger partial charge in [0, 0.05) is 16.6 Å². The number of carboxylic acids is 1. The maximum absolute atomic E-state index is 12.9. The van der Waals surface area contributed by atoms with E-state index in [9.17, 15) is 20.0 Å². The van der Waals surface area contributed by atoms with Crippen LogP contribution in [0.4, 0.5) is 5.69 Å². The van der Waals surface area contributed by atoms with Crippen LogP contribution in [0.1, 0.15) is 36.8 Å². The molecule has 1 amide bonds. The van der Waals surface area contributed by atoms with Gasteiger partial charge in [-0.25, -0.2) is 0 Å². The summed E-state index contributed by atoms with van der Waals surface area (Å²) in [5, 5.41) is 22.2. The second kappa shape index (κ2) is 8.29. The van der Waals surface area contributed by atoms with E-state index in [-0.39, 0.29) is 17.7 Å². The van der Waals surface area contributed by atoms with Gasteiger partial charge in [-0.2, -0.15) is 5.26 Å². The van der Waals surface area contributed by atoms with Gasteiger partial charge in [0.1, 0.15) is 24.1 Å². The Morgan fingerprint density at radius 3 is 2.57 bits per heavy atom. The second-order valence-corrected chi connectivity index (χ2v) is 8.19. The number of ether oxygens (including phenoxy) is 1. The van der Waals surface area contributed by atoms with Gasteiger partial charge in [0.15, 0.2) is 0 Å². The third-order valence-electron chi connectivity index (χ3n) is 4.36. The molecule has 0 saturated carbocycles. The lowest BCUT2D eigenvalue weighted by Crippen LogP contribution is -2.20. The van der Waals surface area contributed by atoms with E-state index in [1.807, 2.05) is 32.9 Å². The number of hydrogen-bond acceptors (Lipinski definition) is 4. The molecule has 30 heavy (non-hydrogen) atoms. The van der Waals surface area contributed by atoms with Crippen molar-refractivity contribution in [3.05, 3.63) is 59.8 Å². The minimum atomic E-state index is -1.04. The topological polar surface area (TPSA) is 104 Å². The minimum absolute atomic E-state index is 0.0584. The molecule has 0 aliphatic heterocycles. The van der Waals surface area contributed by atoms with Gasteiger partial charge in [-0.15, -0.1) is 0 Å². The number of rotatable bonds is 6. The normalized spacial score (nSPS) is 11.1. The lowest BCUT2D eigenvalue weighted by Gasteiger charge is -2.19. The van der Waals surface area contributed by atoms with Crippen LogP contribution in [0.25, 0.3) is 10.9 Å². The predicted octanol–water partition coefficient (Wildman–Crippen LogP) is 4.27. The molecule has 0 unspecified atom stereocenters. The number of amides is 1. The van der Waals surface area contributed by atoms with Gasteiger partial charge in [-0.05, 0) is 35.7 Å². The number of para-hydroxylation sites is 1. The van der Waals surface area contributed by atoms with Crippen molar-refractivity contribution in [2.24, 2.45) is 5.41 Å². The molecular weight excluding hydrogens is 382 g/mol. The van der Waals surface area contributed by atoms with Gasteiger partial charge in [0.25, 0.3) is 5.91 Å². The number of nitrogens with one attached hydrogen (secondary N) is 1. The number of anilines is 1. The highest BCUT2D eigenvalue weighted by Crippen LogP contribution is 2.26. The van der Waals surface area contributed by atoms with Crippen LogP contribution in [0.15, 0.2) is 48.5 Å². The van der Waals surface area contributed by atoms with E-state index in [4.69, 9.17) is 4.74 Å². The first kappa shape index (κ1) is 20.9. The van der Waals surface area contributed by atoms with Crippen molar-refractivity contribution in [1.82, 2.24) is 4.57 Å². The van der Waals surface area contributed by atoms with E-state index in [0.717, 1.165) is 5.39 Å². The zero-order chi connectivity index (χ0) is 21.9. The quantitative estimate of drug-likeness (QED) is 0.637. The molecule has 3 rings (SSSR count). The summed E-state index contributed by atoms with van der Waals surface area (Å²) < 4.78 is 7.19. The summed E-state index contributed by atoms with van der Waals surface area (Å²) in [6.45, 7) is 6.21. The van der Waals surface area contributed by atoms with Crippen LogP contribution in [-0.2, 0) is 11.3 Å². The molecule has 1 aromatic heterocycles. The fraction of sp³-hybridized carbons (Fsp3) is 0.261. The smallest absolute Gasteiger partial charge is 0.323 e. The van der Waals surface area contributed by atoms with Crippen LogP contribution in [-0.4, -0.2) is 28.2 Å². The van der Waals surface area contributed by atoms with Gasteiger partial charge in [-0.3, -0.25) is 9.59 Å². The van der Waals surface area contributed by atoms with Crippen molar-refractivity contribution in [3.63, 3.8) is 0 Å². The zero-order valence-electron chi connectivity index (χ0n) is 17.1. The summed E-state index contributed by atoms with van der Waals surface area (Å²) >= 11 is 0. The molecule has 154 valence electrons. The first-order chi connectivity index (χ1) is 14.2. The third kappa shape index (κ3) is 4.78. The number of aromatic nitrogens is 1. The number of carbonyl (C=O) groups is 2. The van der Waals surface area contributed by atoms with E-state index >= 15 is 0 Å². The number of carbonyl (C=O) groups excluding carboxylic acids is 1. The summed E-state index contributed by atoms with van der Waals surface area (Å²) in [7, 11) is 0. The molecule has 0 atom stereocenters. The molecular formula is C23H23N3O4. The van der Waals surface area contributed by atoms with Crippen molar-refractivity contribution in [1.29, 1.82) is 5.26 Å². The minimum Gasteiger partial charge on any atom is -0.492 e. The summed E-state index contributed by atoms with van der Waals surface area (Å²) in [5.74, 6) is -1.05. The highest BCUT2D eigenvalue weighted by Gasteiger charge is 2.18. The molecule has 3 aromatic rings. The SMILES string of the molecule is CC(C)(C)COc1ccc(NC(=O)c2cc3ccccc3n2CC(=O)O)cc1C#N. The van der Waals surface area contributed by atoms with Gasteiger partial charge in [0.05, 0.1) is 12.2 Å². The maximum atomic E-state index is 12.9. The second-order valence-electron chi connectivity index (χ2n) is 8.19. The van der Waals surface area contributed by atoms with E-state index in [0.29, 0.717) is 29.1 Å². The van der Waals surface area contributed by atoms with Crippen molar-refractivity contribution in [2.75, 3.05) is 11.9 Å². The number of nitriles is 1. The van der Waals surface area contributed by atoms with Crippen LogP contribution in [0.3, 0.4) is 0 Å².